The van der Waals surface area contributed by atoms with E-state index in [1.165, 1.54) is 29.2 Å². The summed E-state index contributed by atoms with van der Waals surface area (Å²) in [5.41, 5.74) is 1.45. The van der Waals surface area contributed by atoms with Crippen LogP contribution in [0, 0.1) is 5.82 Å². The minimum absolute atomic E-state index is 0.223. The maximum atomic E-state index is 13.1. The largest absolute Gasteiger partial charge is 0.463 e. The fourth-order valence-electron chi connectivity index (χ4n) is 2.51. The van der Waals surface area contributed by atoms with E-state index in [1.807, 2.05) is 0 Å². The van der Waals surface area contributed by atoms with Gasteiger partial charge in [0, 0.05) is 12.2 Å². The molecule has 2 amide bonds. The highest BCUT2D eigenvalue weighted by molar-refractivity contribution is 5.95. The normalized spacial score (nSPS) is 17.8. The molecule has 0 fully saturated rings. The number of urea groups is 1. The lowest BCUT2D eigenvalue weighted by Crippen LogP contribution is -2.48. The van der Waals surface area contributed by atoms with Crippen molar-refractivity contribution in [3.63, 3.8) is 0 Å². The van der Waals surface area contributed by atoms with Crippen LogP contribution in [0.3, 0.4) is 0 Å². The number of hydrogen-bond acceptors (Lipinski definition) is 3. The van der Waals surface area contributed by atoms with E-state index in [-0.39, 0.29) is 25.0 Å². The van der Waals surface area contributed by atoms with Gasteiger partial charge in [0.25, 0.3) is 0 Å². The fourth-order valence-corrected chi connectivity index (χ4v) is 2.51. The van der Waals surface area contributed by atoms with Gasteiger partial charge < -0.3 is 10.1 Å². The van der Waals surface area contributed by atoms with Gasteiger partial charge in [-0.15, -0.1) is 6.58 Å². The molecule has 0 bridgehead atoms. The van der Waals surface area contributed by atoms with Crippen molar-refractivity contribution < 1.29 is 18.7 Å². The second-order valence-electron chi connectivity index (χ2n) is 5.05. The van der Waals surface area contributed by atoms with E-state index < -0.39 is 12.0 Å². The van der Waals surface area contributed by atoms with Crippen LogP contribution in [0.15, 0.2) is 48.2 Å². The summed E-state index contributed by atoms with van der Waals surface area (Å²) in [6.45, 7) is 7.51. The van der Waals surface area contributed by atoms with Crippen LogP contribution in [0.25, 0.3) is 0 Å². The molecule has 2 rings (SSSR count). The number of amides is 2. The lowest BCUT2D eigenvalue weighted by Gasteiger charge is -2.34. The first kappa shape index (κ1) is 16.7. The third-order valence-corrected chi connectivity index (χ3v) is 3.61. The fraction of sp³-hybridized carbons (Fsp3) is 0.294. The van der Waals surface area contributed by atoms with Gasteiger partial charge in [-0.25, -0.2) is 14.0 Å². The van der Waals surface area contributed by atoms with Gasteiger partial charge in [-0.3, -0.25) is 4.90 Å². The Kier molecular flexibility index (Phi) is 5.16. The van der Waals surface area contributed by atoms with Crippen molar-refractivity contribution >= 4 is 12.0 Å². The van der Waals surface area contributed by atoms with E-state index in [0.29, 0.717) is 16.8 Å². The third kappa shape index (κ3) is 3.41. The number of nitrogens with one attached hydrogen (secondary N) is 1. The molecule has 1 atom stereocenters. The average Bonchev–Trinajstić information content (AvgIpc) is 2.51. The van der Waals surface area contributed by atoms with Gasteiger partial charge in [-0.05, 0) is 31.5 Å². The molecule has 0 radical (unpaired) electrons. The third-order valence-electron chi connectivity index (χ3n) is 3.61. The molecule has 6 heteroatoms. The molecule has 1 aliphatic heterocycles. The Hall–Kier alpha value is -2.63. The predicted octanol–water partition coefficient (Wildman–Crippen LogP) is 2.92. The first-order chi connectivity index (χ1) is 11.0. The molecule has 1 N–H and O–H groups in total. The molecular weight excluding hydrogens is 299 g/mol. The Morgan fingerprint density at radius 2 is 2.09 bits per heavy atom. The number of rotatable bonds is 5. The zero-order valence-electron chi connectivity index (χ0n) is 13.1. The van der Waals surface area contributed by atoms with Crippen LogP contribution in [-0.4, -0.2) is 30.1 Å². The van der Waals surface area contributed by atoms with Crippen molar-refractivity contribution in [1.82, 2.24) is 10.2 Å². The van der Waals surface area contributed by atoms with Crippen molar-refractivity contribution in [2.75, 3.05) is 13.2 Å². The molecule has 0 aromatic heterocycles. The topological polar surface area (TPSA) is 58.6 Å². The van der Waals surface area contributed by atoms with E-state index in [2.05, 4.69) is 11.9 Å². The van der Waals surface area contributed by atoms with E-state index in [1.54, 1.807) is 19.9 Å². The number of ether oxygens (including phenoxy) is 1. The van der Waals surface area contributed by atoms with Crippen LogP contribution in [0.4, 0.5) is 9.18 Å². The quantitative estimate of drug-likeness (QED) is 0.671. The summed E-state index contributed by atoms with van der Waals surface area (Å²) in [5, 5.41) is 2.76. The lowest BCUT2D eigenvalue weighted by atomic mass is 9.95. The zero-order chi connectivity index (χ0) is 17.0. The molecule has 23 heavy (non-hydrogen) atoms. The Labute approximate surface area is 134 Å². The highest BCUT2D eigenvalue weighted by Crippen LogP contribution is 2.31. The minimum atomic E-state index is -0.678. The molecule has 5 nitrogen and oxygen atoms in total. The molecule has 1 heterocycles. The van der Waals surface area contributed by atoms with Crippen molar-refractivity contribution in [2.45, 2.75) is 19.9 Å². The van der Waals surface area contributed by atoms with E-state index in [4.69, 9.17) is 4.74 Å². The number of halogens is 1. The molecule has 122 valence electrons. The van der Waals surface area contributed by atoms with Crippen LogP contribution in [0.2, 0.25) is 0 Å². The number of esters is 1. The lowest BCUT2D eigenvalue weighted by molar-refractivity contribution is -0.139. The summed E-state index contributed by atoms with van der Waals surface area (Å²) in [7, 11) is 0. The van der Waals surface area contributed by atoms with Crippen molar-refractivity contribution in [1.29, 1.82) is 0 Å². The average molecular weight is 318 g/mol. The highest BCUT2D eigenvalue weighted by Gasteiger charge is 2.35. The summed E-state index contributed by atoms with van der Waals surface area (Å²) >= 11 is 0. The minimum Gasteiger partial charge on any atom is -0.463 e. The standard InChI is InChI=1S/C17H19FN2O3/c1-4-10-20-11(3)14(16(21)23-5-2)15(19-17(20)22)12-6-8-13(18)9-7-12/h4,6-9,15H,1,5,10H2,2-3H3,(H,19,22). The van der Waals surface area contributed by atoms with Crippen LogP contribution in [0.1, 0.15) is 25.5 Å². The SMILES string of the molecule is C=CCN1C(=O)NC(c2ccc(F)cc2)C(C(=O)OCC)=C1C. The van der Waals surface area contributed by atoms with Gasteiger partial charge in [0.15, 0.2) is 0 Å². The van der Waals surface area contributed by atoms with Crippen LogP contribution >= 0.6 is 0 Å². The van der Waals surface area contributed by atoms with Crippen molar-refractivity contribution in [3.05, 3.63) is 59.6 Å². The molecule has 1 unspecified atom stereocenters. The summed E-state index contributed by atoms with van der Waals surface area (Å²) in [4.78, 5) is 26.1. The molecule has 1 aromatic carbocycles. The summed E-state index contributed by atoms with van der Waals surface area (Å²) in [6.07, 6.45) is 1.57. The molecule has 1 aromatic rings. The summed E-state index contributed by atoms with van der Waals surface area (Å²) in [5.74, 6) is -0.893. The Morgan fingerprint density at radius 1 is 1.43 bits per heavy atom. The number of carbonyl (C=O) groups is 2. The van der Waals surface area contributed by atoms with Gasteiger partial charge in [0.2, 0.25) is 0 Å². The van der Waals surface area contributed by atoms with Crippen LogP contribution < -0.4 is 5.32 Å². The van der Waals surface area contributed by atoms with Crippen molar-refractivity contribution in [3.8, 4) is 0 Å². The zero-order valence-corrected chi connectivity index (χ0v) is 13.1. The van der Waals surface area contributed by atoms with E-state index in [9.17, 15) is 14.0 Å². The Bertz CT molecular complexity index is 652. The Balaban J connectivity index is 2.50. The van der Waals surface area contributed by atoms with Crippen LogP contribution in [-0.2, 0) is 9.53 Å². The molecular formula is C17H19FN2O3. The van der Waals surface area contributed by atoms with E-state index in [0.717, 1.165) is 0 Å². The summed E-state index contributed by atoms with van der Waals surface area (Å²) in [6, 6.07) is 4.63. The van der Waals surface area contributed by atoms with E-state index >= 15 is 0 Å². The maximum absolute atomic E-state index is 13.1. The van der Waals surface area contributed by atoms with Gasteiger partial charge in [0.05, 0.1) is 18.2 Å². The molecule has 0 aliphatic carbocycles. The number of nitrogens with zero attached hydrogens (tertiary/aromatic N) is 1. The monoisotopic (exact) mass is 318 g/mol. The van der Waals surface area contributed by atoms with Crippen molar-refractivity contribution in [2.24, 2.45) is 0 Å². The molecule has 0 saturated carbocycles. The number of benzene rings is 1. The molecule has 1 aliphatic rings. The number of allylic oxidation sites excluding steroid dienone is 1. The first-order valence-electron chi connectivity index (χ1n) is 7.31. The molecule has 0 saturated heterocycles. The molecule has 0 spiro atoms. The van der Waals surface area contributed by atoms with Gasteiger partial charge in [-0.1, -0.05) is 18.2 Å². The maximum Gasteiger partial charge on any atom is 0.338 e. The Morgan fingerprint density at radius 3 is 2.65 bits per heavy atom. The number of hydrogen-bond donors (Lipinski definition) is 1. The first-order valence-corrected chi connectivity index (χ1v) is 7.31. The second kappa shape index (κ2) is 7.09. The van der Waals surface area contributed by atoms with Gasteiger partial charge in [0.1, 0.15) is 5.82 Å². The smallest absolute Gasteiger partial charge is 0.338 e. The number of carbonyl (C=O) groups excluding carboxylic acids is 2. The van der Waals surface area contributed by atoms with Crippen LogP contribution in [0.5, 0.6) is 0 Å². The van der Waals surface area contributed by atoms with Gasteiger partial charge in [-0.2, -0.15) is 0 Å². The van der Waals surface area contributed by atoms with Gasteiger partial charge >= 0.3 is 12.0 Å². The summed E-state index contributed by atoms with van der Waals surface area (Å²) < 4.78 is 18.3. The highest BCUT2D eigenvalue weighted by atomic mass is 19.1. The predicted molar refractivity (Wildman–Crippen MR) is 83.9 cm³/mol. The second-order valence-corrected chi connectivity index (χ2v) is 5.05.